The second kappa shape index (κ2) is 12.7. The summed E-state index contributed by atoms with van der Waals surface area (Å²) in [6.45, 7) is 17.3. The molecule has 7 nitrogen and oxygen atoms in total. The van der Waals surface area contributed by atoms with Crippen LogP contribution in [0.1, 0.15) is 20.3 Å². The van der Waals surface area contributed by atoms with Gasteiger partial charge in [0.1, 0.15) is 6.10 Å². The maximum atomic E-state index is 5.77. The fourth-order valence-electron chi connectivity index (χ4n) is 1.98. The minimum Gasteiger partial charge on any atom is -0.517 e. The van der Waals surface area contributed by atoms with Crippen LogP contribution in [0.5, 0.6) is 0 Å². The maximum absolute atomic E-state index is 5.77. The number of hydrogen-bond acceptors (Lipinski definition) is 7. The van der Waals surface area contributed by atoms with Crippen LogP contribution < -0.4 is 0 Å². The first kappa shape index (κ1) is 25.3. The van der Waals surface area contributed by atoms with Crippen molar-refractivity contribution in [2.24, 2.45) is 0 Å². The first-order chi connectivity index (χ1) is 12.1. The molecule has 1 fully saturated rings. The number of ether oxygens (including phenoxy) is 2. The summed E-state index contributed by atoms with van der Waals surface area (Å²) in [7, 11) is 0.329. The molecule has 1 atom stereocenters. The first-order valence-electron chi connectivity index (χ1n) is 8.63. The van der Waals surface area contributed by atoms with E-state index in [0.717, 1.165) is 19.1 Å². The summed E-state index contributed by atoms with van der Waals surface area (Å²) in [6, 6.07) is 0.859. The van der Waals surface area contributed by atoms with Gasteiger partial charge in [0.15, 0.2) is 0 Å². The molecule has 0 saturated carbocycles. The van der Waals surface area contributed by atoms with E-state index >= 15 is 0 Å². The molecule has 1 saturated heterocycles. The summed E-state index contributed by atoms with van der Waals surface area (Å²) in [6.07, 6.45) is 1.24. The van der Waals surface area contributed by atoms with Crippen molar-refractivity contribution in [1.82, 2.24) is 0 Å². The van der Waals surface area contributed by atoms with E-state index in [1.165, 1.54) is 0 Å². The Labute approximate surface area is 160 Å². The number of allylic oxidation sites excluding steroid dienone is 2. The highest BCUT2D eigenvalue weighted by molar-refractivity contribution is 6.66. The van der Waals surface area contributed by atoms with Crippen molar-refractivity contribution in [3.05, 3.63) is 24.7 Å². The van der Waals surface area contributed by atoms with Gasteiger partial charge in [0, 0.05) is 47.1 Å². The molecule has 0 aliphatic carbocycles. The van der Waals surface area contributed by atoms with E-state index in [2.05, 4.69) is 13.2 Å². The van der Waals surface area contributed by atoms with Crippen LogP contribution in [0.2, 0.25) is 19.1 Å². The second-order valence-electron chi connectivity index (χ2n) is 6.35. The quantitative estimate of drug-likeness (QED) is 0.200. The molecule has 0 spiro atoms. The fraction of sp³-hybridized carbons (Fsp3) is 0.765. The number of epoxide rings is 1. The highest BCUT2D eigenvalue weighted by atomic mass is 28.4. The summed E-state index contributed by atoms with van der Waals surface area (Å²) in [5.74, 6) is 1.38. The van der Waals surface area contributed by atoms with Gasteiger partial charge in [0.05, 0.1) is 24.7 Å². The number of hydrogen-bond donors (Lipinski definition) is 0. The molecule has 154 valence electrons. The Morgan fingerprint density at radius 1 is 1.00 bits per heavy atom. The van der Waals surface area contributed by atoms with Gasteiger partial charge in [-0.25, -0.2) is 0 Å². The SMILES string of the molecule is C=C(C)O[Si](C)(CCCOCC1CO1)OC(=C)C.CO[Si](C)(OC)OC. The van der Waals surface area contributed by atoms with E-state index in [-0.39, 0.29) is 0 Å². The highest BCUT2D eigenvalue weighted by Gasteiger charge is 2.35. The molecule has 1 unspecified atom stereocenters. The third-order valence-electron chi connectivity index (χ3n) is 3.52. The average molecular weight is 409 g/mol. The molecular formula is C17H36O7Si2. The lowest BCUT2D eigenvalue weighted by molar-refractivity contribution is 0.115. The van der Waals surface area contributed by atoms with Gasteiger partial charge >= 0.3 is 17.4 Å². The van der Waals surface area contributed by atoms with Gasteiger partial charge in [0.2, 0.25) is 0 Å². The maximum Gasteiger partial charge on any atom is 0.496 e. The van der Waals surface area contributed by atoms with E-state index < -0.39 is 17.4 Å². The summed E-state index contributed by atoms with van der Waals surface area (Å²) in [5, 5.41) is 0. The van der Waals surface area contributed by atoms with Gasteiger partial charge in [-0.1, -0.05) is 13.2 Å². The molecule has 1 heterocycles. The lowest BCUT2D eigenvalue weighted by Crippen LogP contribution is -2.38. The first-order valence-corrected chi connectivity index (χ1v) is 13.4. The summed E-state index contributed by atoms with van der Waals surface area (Å²) >= 11 is 0. The standard InChI is InChI=1S/C13H24O4Si.C4H12O3Si/c1-11(2)16-18(5,17-12(3)4)8-6-7-14-9-13-10-15-13;1-5-8(4,6-2)7-3/h13H,1,3,6-10H2,2,4-5H3;1-4H3. The Morgan fingerprint density at radius 2 is 1.46 bits per heavy atom. The Morgan fingerprint density at radius 3 is 1.77 bits per heavy atom. The van der Waals surface area contributed by atoms with Gasteiger partial charge in [-0.2, -0.15) is 0 Å². The third-order valence-corrected chi connectivity index (χ3v) is 8.57. The molecule has 0 aromatic carbocycles. The highest BCUT2D eigenvalue weighted by Crippen LogP contribution is 2.21. The molecular weight excluding hydrogens is 372 g/mol. The van der Waals surface area contributed by atoms with Crippen LogP contribution in [0.3, 0.4) is 0 Å². The largest absolute Gasteiger partial charge is 0.517 e. The van der Waals surface area contributed by atoms with E-state index in [4.69, 9.17) is 31.6 Å². The molecule has 9 heteroatoms. The van der Waals surface area contributed by atoms with Crippen LogP contribution in [-0.2, 0) is 31.6 Å². The molecule has 0 amide bonds. The van der Waals surface area contributed by atoms with Gasteiger partial charge in [-0.15, -0.1) is 0 Å². The predicted molar refractivity (Wildman–Crippen MR) is 106 cm³/mol. The van der Waals surface area contributed by atoms with Crippen molar-refractivity contribution >= 4 is 17.4 Å². The van der Waals surface area contributed by atoms with Crippen molar-refractivity contribution in [3.63, 3.8) is 0 Å². The van der Waals surface area contributed by atoms with Crippen molar-refractivity contribution in [2.45, 2.75) is 45.5 Å². The summed E-state index contributed by atoms with van der Waals surface area (Å²) < 4.78 is 36.9. The van der Waals surface area contributed by atoms with Crippen molar-refractivity contribution in [1.29, 1.82) is 0 Å². The smallest absolute Gasteiger partial charge is 0.496 e. The summed E-state index contributed by atoms with van der Waals surface area (Å²) in [4.78, 5) is 0. The Kier molecular flexibility index (Phi) is 12.3. The zero-order chi connectivity index (χ0) is 20.2. The van der Waals surface area contributed by atoms with Gasteiger partial charge in [-0.05, 0) is 20.3 Å². The lowest BCUT2D eigenvalue weighted by atomic mass is 10.5. The van der Waals surface area contributed by atoms with E-state index in [9.17, 15) is 0 Å². The molecule has 0 bridgehead atoms. The van der Waals surface area contributed by atoms with Crippen LogP contribution in [-0.4, -0.2) is 64.6 Å². The third kappa shape index (κ3) is 12.6. The van der Waals surface area contributed by atoms with E-state index in [0.29, 0.717) is 30.8 Å². The fourth-order valence-corrected chi connectivity index (χ4v) is 4.99. The van der Waals surface area contributed by atoms with Gasteiger partial charge in [-0.3, -0.25) is 0 Å². The van der Waals surface area contributed by atoms with Crippen molar-refractivity contribution < 1.29 is 31.6 Å². The van der Waals surface area contributed by atoms with Crippen molar-refractivity contribution in [2.75, 3.05) is 41.2 Å². The van der Waals surface area contributed by atoms with E-state index in [1.807, 2.05) is 26.9 Å². The average Bonchev–Trinajstić information content (AvgIpc) is 3.37. The molecule has 0 aromatic heterocycles. The predicted octanol–water partition coefficient (Wildman–Crippen LogP) is 3.46. The molecule has 26 heavy (non-hydrogen) atoms. The topological polar surface area (TPSA) is 67.9 Å². The Hall–Kier alpha value is -0.686. The van der Waals surface area contributed by atoms with Crippen LogP contribution in [0.15, 0.2) is 24.7 Å². The minimum absolute atomic E-state index is 0.326. The molecule has 1 aliphatic rings. The number of rotatable bonds is 13. The van der Waals surface area contributed by atoms with Crippen LogP contribution in [0.4, 0.5) is 0 Å². The normalized spacial score (nSPS) is 16.3. The van der Waals surface area contributed by atoms with E-state index in [1.54, 1.807) is 21.3 Å². The van der Waals surface area contributed by atoms with Gasteiger partial charge < -0.3 is 31.6 Å². The molecule has 1 rings (SSSR count). The Balaban J connectivity index is 0.000000660. The molecule has 0 radical (unpaired) electrons. The minimum atomic E-state index is -2.25. The van der Waals surface area contributed by atoms with Gasteiger partial charge in [0.25, 0.3) is 0 Å². The Bertz CT molecular complexity index is 399. The lowest BCUT2D eigenvalue weighted by Gasteiger charge is -2.28. The van der Waals surface area contributed by atoms with Crippen LogP contribution in [0, 0.1) is 0 Å². The second-order valence-corrected chi connectivity index (χ2v) is 12.5. The van der Waals surface area contributed by atoms with Crippen LogP contribution in [0.25, 0.3) is 0 Å². The monoisotopic (exact) mass is 408 g/mol. The summed E-state index contributed by atoms with van der Waals surface area (Å²) in [5.41, 5.74) is 0. The van der Waals surface area contributed by atoms with Crippen molar-refractivity contribution in [3.8, 4) is 0 Å². The zero-order valence-electron chi connectivity index (χ0n) is 17.4. The zero-order valence-corrected chi connectivity index (χ0v) is 19.4. The van der Waals surface area contributed by atoms with Crippen LogP contribution >= 0.6 is 0 Å². The molecule has 1 aliphatic heterocycles. The molecule has 0 N–H and O–H groups in total. The molecule has 0 aromatic rings.